The highest BCUT2D eigenvalue weighted by Crippen LogP contribution is 2.43. The van der Waals surface area contributed by atoms with E-state index in [2.05, 4.69) is 19.9 Å². The summed E-state index contributed by atoms with van der Waals surface area (Å²) in [4.78, 5) is 0. The van der Waals surface area contributed by atoms with Gasteiger partial charge in [0.25, 0.3) is 0 Å². The average Bonchev–Trinajstić information content (AvgIpc) is 2.15. The van der Waals surface area contributed by atoms with Crippen molar-refractivity contribution >= 4 is 0 Å². The van der Waals surface area contributed by atoms with Crippen LogP contribution in [0.15, 0.2) is 23.0 Å². The Balaban J connectivity index is 2.13. The normalized spacial score (nSPS) is 25.5. The molecule has 0 aliphatic heterocycles. The van der Waals surface area contributed by atoms with E-state index in [1.807, 2.05) is 0 Å². The van der Waals surface area contributed by atoms with E-state index in [0.29, 0.717) is 5.41 Å². The van der Waals surface area contributed by atoms with Gasteiger partial charge in [0, 0.05) is 6.42 Å². The molecule has 0 saturated carbocycles. The smallest absolute Gasteiger partial charge is 0.0959 e. The van der Waals surface area contributed by atoms with Gasteiger partial charge in [-0.05, 0) is 37.2 Å². The third kappa shape index (κ3) is 1.87. The van der Waals surface area contributed by atoms with Gasteiger partial charge >= 0.3 is 0 Å². The zero-order chi connectivity index (χ0) is 10.2. The molecule has 0 aromatic rings. The van der Waals surface area contributed by atoms with Crippen LogP contribution in [0.25, 0.3) is 0 Å². The van der Waals surface area contributed by atoms with E-state index in [1.165, 1.54) is 25.0 Å². The lowest BCUT2D eigenvalue weighted by Crippen LogP contribution is -2.20. The zero-order valence-electron chi connectivity index (χ0n) is 9.52. The van der Waals surface area contributed by atoms with Crippen molar-refractivity contribution in [1.82, 2.24) is 0 Å². The Kier molecular flexibility index (Phi) is 2.42. The molecule has 0 N–H and O–H groups in total. The summed E-state index contributed by atoms with van der Waals surface area (Å²) >= 11 is 0. The Morgan fingerprint density at radius 2 is 2.07 bits per heavy atom. The number of hydrogen-bond donors (Lipinski definition) is 0. The van der Waals surface area contributed by atoms with Gasteiger partial charge in [-0.1, -0.05) is 25.0 Å². The van der Waals surface area contributed by atoms with Crippen molar-refractivity contribution in [2.24, 2.45) is 5.41 Å². The molecule has 0 fully saturated rings. The molecular weight excluding hydrogens is 172 g/mol. The molecule has 0 atom stereocenters. The summed E-state index contributed by atoms with van der Waals surface area (Å²) in [5, 5.41) is 0. The molecule has 2 rings (SSSR count). The minimum atomic E-state index is 0.509. The number of methoxy groups -OCH3 is 1. The lowest BCUT2D eigenvalue weighted by Gasteiger charge is -2.35. The molecule has 0 saturated heterocycles. The summed E-state index contributed by atoms with van der Waals surface area (Å²) in [5.74, 6) is 1.17. The van der Waals surface area contributed by atoms with Crippen LogP contribution in [0.1, 0.15) is 46.0 Å². The third-order valence-corrected chi connectivity index (χ3v) is 3.52. The maximum atomic E-state index is 5.34. The minimum absolute atomic E-state index is 0.509. The van der Waals surface area contributed by atoms with Crippen LogP contribution >= 0.6 is 0 Å². The van der Waals surface area contributed by atoms with Crippen molar-refractivity contribution in [3.05, 3.63) is 23.0 Å². The van der Waals surface area contributed by atoms with E-state index >= 15 is 0 Å². The molecule has 0 bridgehead atoms. The Bertz CT molecular complexity index is 294. The lowest BCUT2D eigenvalue weighted by molar-refractivity contribution is 0.262. The quantitative estimate of drug-likeness (QED) is 0.574. The maximum Gasteiger partial charge on any atom is 0.0959 e. The summed E-state index contributed by atoms with van der Waals surface area (Å²) in [6, 6.07) is 0. The molecule has 0 unspecified atom stereocenters. The van der Waals surface area contributed by atoms with Gasteiger partial charge in [0.05, 0.1) is 12.9 Å². The molecule has 1 nitrogen and oxygen atoms in total. The second kappa shape index (κ2) is 3.45. The van der Waals surface area contributed by atoms with Gasteiger partial charge in [0.15, 0.2) is 0 Å². The standard InChI is InChI=1S/C13H20O/c1-13(2)7-6-10-4-5-12(14-3)8-11(10)9-13/h5H,4,6-9H2,1-3H3. The van der Waals surface area contributed by atoms with Crippen molar-refractivity contribution in [3.63, 3.8) is 0 Å². The van der Waals surface area contributed by atoms with Gasteiger partial charge in [-0.15, -0.1) is 0 Å². The summed E-state index contributed by atoms with van der Waals surface area (Å²) in [7, 11) is 1.78. The predicted molar refractivity (Wildman–Crippen MR) is 59.0 cm³/mol. The molecule has 0 aromatic carbocycles. The molecule has 14 heavy (non-hydrogen) atoms. The Morgan fingerprint density at radius 1 is 1.29 bits per heavy atom. The molecule has 0 radical (unpaired) electrons. The molecule has 0 spiro atoms. The van der Waals surface area contributed by atoms with E-state index in [-0.39, 0.29) is 0 Å². The first kappa shape index (κ1) is 9.82. The van der Waals surface area contributed by atoms with Gasteiger partial charge in [0.1, 0.15) is 0 Å². The Labute approximate surface area is 86.8 Å². The van der Waals surface area contributed by atoms with Gasteiger partial charge in [0.2, 0.25) is 0 Å². The Hall–Kier alpha value is -0.720. The highest BCUT2D eigenvalue weighted by molar-refractivity contribution is 5.29. The van der Waals surface area contributed by atoms with Gasteiger partial charge < -0.3 is 4.74 Å². The first-order valence-electron chi connectivity index (χ1n) is 5.53. The molecule has 78 valence electrons. The van der Waals surface area contributed by atoms with Crippen LogP contribution in [-0.4, -0.2) is 7.11 Å². The molecule has 0 amide bonds. The first-order chi connectivity index (χ1) is 6.61. The molecule has 0 heterocycles. The zero-order valence-corrected chi connectivity index (χ0v) is 9.52. The van der Waals surface area contributed by atoms with Gasteiger partial charge in [-0.2, -0.15) is 0 Å². The van der Waals surface area contributed by atoms with Gasteiger partial charge in [-0.25, -0.2) is 0 Å². The number of allylic oxidation sites excluding steroid dienone is 3. The fraction of sp³-hybridized carbons (Fsp3) is 0.692. The van der Waals surface area contributed by atoms with Crippen LogP contribution in [0.2, 0.25) is 0 Å². The fourth-order valence-electron chi connectivity index (χ4n) is 2.57. The van der Waals surface area contributed by atoms with Crippen LogP contribution in [0.3, 0.4) is 0 Å². The fourth-order valence-corrected chi connectivity index (χ4v) is 2.57. The van der Waals surface area contributed by atoms with Crippen LogP contribution in [0, 0.1) is 5.41 Å². The number of rotatable bonds is 1. The summed E-state index contributed by atoms with van der Waals surface area (Å²) in [5.41, 5.74) is 3.85. The molecule has 1 heteroatoms. The van der Waals surface area contributed by atoms with Crippen molar-refractivity contribution in [1.29, 1.82) is 0 Å². The number of ether oxygens (including phenoxy) is 1. The van der Waals surface area contributed by atoms with Crippen LogP contribution in [0.5, 0.6) is 0 Å². The van der Waals surface area contributed by atoms with E-state index in [4.69, 9.17) is 4.74 Å². The van der Waals surface area contributed by atoms with E-state index in [1.54, 1.807) is 18.3 Å². The number of hydrogen-bond acceptors (Lipinski definition) is 1. The van der Waals surface area contributed by atoms with E-state index in [0.717, 1.165) is 12.8 Å². The van der Waals surface area contributed by atoms with E-state index in [9.17, 15) is 0 Å². The van der Waals surface area contributed by atoms with E-state index < -0.39 is 0 Å². The third-order valence-electron chi connectivity index (χ3n) is 3.52. The molecule has 0 aromatic heterocycles. The lowest BCUT2D eigenvalue weighted by atomic mass is 9.71. The monoisotopic (exact) mass is 192 g/mol. The second-order valence-corrected chi connectivity index (χ2v) is 5.30. The Morgan fingerprint density at radius 3 is 2.79 bits per heavy atom. The van der Waals surface area contributed by atoms with Crippen molar-refractivity contribution < 1.29 is 4.74 Å². The summed E-state index contributed by atoms with van der Waals surface area (Å²) in [6.45, 7) is 4.75. The summed E-state index contributed by atoms with van der Waals surface area (Å²) < 4.78 is 5.34. The van der Waals surface area contributed by atoms with Crippen molar-refractivity contribution in [2.75, 3.05) is 7.11 Å². The van der Waals surface area contributed by atoms with Crippen LogP contribution < -0.4 is 0 Å². The first-order valence-corrected chi connectivity index (χ1v) is 5.53. The average molecular weight is 192 g/mol. The van der Waals surface area contributed by atoms with Crippen molar-refractivity contribution in [3.8, 4) is 0 Å². The molecular formula is C13H20O. The largest absolute Gasteiger partial charge is 0.501 e. The van der Waals surface area contributed by atoms with Crippen LogP contribution in [-0.2, 0) is 4.74 Å². The van der Waals surface area contributed by atoms with Crippen molar-refractivity contribution in [2.45, 2.75) is 46.0 Å². The second-order valence-electron chi connectivity index (χ2n) is 5.30. The van der Waals surface area contributed by atoms with Crippen LogP contribution in [0.4, 0.5) is 0 Å². The molecule has 2 aliphatic rings. The topological polar surface area (TPSA) is 9.23 Å². The SMILES string of the molecule is COC1=CCC2=C(C1)CC(C)(C)CC2. The summed E-state index contributed by atoms with van der Waals surface area (Å²) in [6.07, 6.45) is 8.36. The highest BCUT2D eigenvalue weighted by Gasteiger charge is 2.28. The van der Waals surface area contributed by atoms with Gasteiger partial charge in [-0.3, -0.25) is 0 Å². The predicted octanol–water partition coefficient (Wildman–Crippen LogP) is 3.82. The highest BCUT2D eigenvalue weighted by atomic mass is 16.5. The molecule has 2 aliphatic carbocycles. The maximum absolute atomic E-state index is 5.34. The minimum Gasteiger partial charge on any atom is -0.501 e.